The van der Waals surface area contributed by atoms with E-state index in [1.807, 2.05) is 6.07 Å². The molecule has 2 atom stereocenters. The molecule has 0 spiro atoms. The van der Waals surface area contributed by atoms with Gasteiger partial charge in [-0.2, -0.15) is 0 Å². The third kappa shape index (κ3) is 5.69. The normalized spacial score (nSPS) is 18.0. The Hall–Kier alpha value is -3.41. The van der Waals surface area contributed by atoms with Crippen molar-refractivity contribution in [1.29, 1.82) is 0 Å². The first-order valence-corrected chi connectivity index (χ1v) is 14.2. The van der Waals surface area contributed by atoms with Crippen LogP contribution in [0.2, 0.25) is 0 Å². The summed E-state index contributed by atoms with van der Waals surface area (Å²) in [6.07, 6.45) is 5.28. The lowest BCUT2D eigenvalue weighted by atomic mass is 9.93. The summed E-state index contributed by atoms with van der Waals surface area (Å²) in [4.78, 5) is 55.0. The van der Waals surface area contributed by atoms with Crippen LogP contribution in [0.4, 0.5) is 5.69 Å². The minimum Gasteiger partial charge on any atom is -0.480 e. The fourth-order valence-electron chi connectivity index (χ4n) is 4.89. The number of aliphatic imine (C=N–C) groups is 1. The third-order valence-electron chi connectivity index (χ3n) is 6.99. The molecule has 9 nitrogen and oxygen atoms in total. The maximum Gasteiger partial charge on any atom is 0.328 e. The van der Waals surface area contributed by atoms with Crippen molar-refractivity contribution < 1.29 is 24.3 Å². The molecule has 4 N–H and O–H groups in total. The van der Waals surface area contributed by atoms with Crippen LogP contribution in [-0.4, -0.2) is 60.6 Å². The largest absolute Gasteiger partial charge is 0.480 e. The van der Waals surface area contributed by atoms with Crippen LogP contribution in [0.1, 0.15) is 45.3 Å². The molecular weight excluding hydrogens is 524 g/mol. The molecule has 2 amide bonds. The van der Waals surface area contributed by atoms with E-state index in [0.29, 0.717) is 22.4 Å². The molecule has 0 radical (unpaired) electrons. The highest BCUT2D eigenvalue weighted by Crippen LogP contribution is 2.35. The molecule has 2 aliphatic heterocycles. The molecule has 0 saturated carbocycles. The molecule has 3 aromatic rings. The number of hydrogen-bond acceptors (Lipinski definition) is 8. The van der Waals surface area contributed by atoms with Crippen LogP contribution in [-0.2, 0) is 20.8 Å². The van der Waals surface area contributed by atoms with E-state index in [0.717, 1.165) is 34.8 Å². The Labute approximate surface area is 227 Å². The zero-order valence-electron chi connectivity index (χ0n) is 20.6. The van der Waals surface area contributed by atoms with Crippen molar-refractivity contribution in [2.24, 2.45) is 10.9 Å². The molecule has 2 aliphatic rings. The Bertz CT molecular complexity index is 1370. The number of carbonyl (C=O) groups excluding carboxylic acids is 3. The molecule has 198 valence electrons. The number of para-hydroxylation sites is 1. The molecule has 11 heteroatoms. The third-order valence-corrected chi connectivity index (χ3v) is 9.44. The van der Waals surface area contributed by atoms with Gasteiger partial charge < -0.3 is 25.9 Å². The van der Waals surface area contributed by atoms with Gasteiger partial charge in [-0.3, -0.25) is 9.59 Å². The lowest BCUT2D eigenvalue weighted by molar-refractivity contribution is -0.140. The van der Waals surface area contributed by atoms with Crippen molar-refractivity contribution in [2.75, 3.05) is 19.6 Å². The van der Waals surface area contributed by atoms with Gasteiger partial charge in [-0.05, 0) is 68.5 Å². The van der Waals surface area contributed by atoms with Crippen LogP contribution in [0.25, 0.3) is 9.40 Å². The number of piperidine rings is 1. The summed E-state index contributed by atoms with van der Waals surface area (Å²) in [5, 5.41) is 19.1. The van der Waals surface area contributed by atoms with Crippen molar-refractivity contribution >= 4 is 67.5 Å². The van der Waals surface area contributed by atoms with Crippen LogP contribution in [0.5, 0.6) is 0 Å². The zero-order valence-corrected chi connectivity index (χ0v) is 22.2. The van der Waals surface area contributed by atoms with Crippen LogP contribution in [0.3, 0.4) is 0 Å². The minimum atomic E-state index is -1.38. The van der Waals surface area contributed by atoms with E-state index in [2.05, 4.69) is 27.0 Å². The topological polar surface area (TPSA) is 137 Å². The van der Waals surface area contributed by atoms with E-state index >= 15 is 0 Å². The summed E-state index contributed by atoms with van der Waals surface area (Å²) in [6.45, 7) is 1.88. The lowest BCUT2D eigenvalue weighted by Gasteiger charge is -2.22. The van der Waals surface area contributed by atoms with Gasteiger partial charge in [0.15, 0.2) is 0 Å². The molecule has 0 aliphatic carbocycles. The monoisotopic (exact) mass is 552 g/mol. The minimum absolute atomic E-state index is 0.0618. The highest BCUT2D eigenvalue weighted by molar-refractivity contribution is 7.39. The number of amides is 2. The van der Waals surface area contributed by atoms with Crippen LogP contribution in [0.15, 0.2) is 41.4 Å². The molecular formula is C27H28N4O5S2. The number of hydrogen-bond donors (Lipinski definition) is 4. The van der Waals surface area contributed by atoms with Crippen molar-refractivity contribution in [1.82, 2.24) is 16.0 Å². The van der Waals surface area contributed by atoms with E-state index in [-0.39, 0.29) is 12.3 Å². The first-order chi connectivity index (χ1) is 18.4. The van der Waals surface area contributed by atoms with Gasteiger partial charge >= 0.3 is 5.97 Å². The second-order valence-electron chi connectivity index (χ2n) is 9.54. The van der Waals surface area contributed by atoms with Gasteiger partial charge in [0.25, 0.3) is 11.8 Å². The number of aliphatic carboxylic acids is 1. The van der Waals surface area contributed by atoms with Gasteiger partial charge in [-0.15, -0.1) is 22.7 Å². The van der Waals surface area contributed by atoms with E-state index in [9.17, 15) is 24.3 Å². The Morgan fingerprint density at radius 3 is 2.66 bits per heavy atom. The smallest absolute Gasteiger partial charge is 0.328 e. The van der Waals surface area contributed by atoms with Crippen LogP contribution >= 0.6 is 22.7 Å². The number of aryl methyl sites for hydroxylation is 1. The summed E-state index contributed by atoms with van der Waals surface area (Å²) in [5.74, 6) is -2.55. The van der Waals surface area contributed by atoms with Crippen molar-refractivity contribution in [3.8, 4) is 0 Å². The molecule has 0 bridgehead atoms. The Kier molecular flexibility index (Phi) is 7.96. The number of nitrogens with zero attached hydrogens (tertiary/aromatic N) is 1. The molecule has 1 fully saturated rings. The molecule has 38 heavy (non-hydrogen) atoms. The zero-order chi connectivity index (χ0) is 26.6. The fourth-order valence-corrected chi connectivity index (χ4v) is 7.31. The van der Waals surface area contributed by atoms with E-state index < -0.39 is 29.7 Å². The Balaban J connectivity index is 1.17. The number of fused-ring (bicyclic) bond motifs is 2. The number of nitrogens with one attached hydrogen (secondary N) is 3. The van der Waals surface area contributed by atoms with Crippen LogP contribution < -0.4 is 16.0 Å². The summed E-state index contributed by atoms with van der Waals surface area (Å²) in [5.41, 5.74) is 1.04. The van der Waals surface area contributed by atoms with Crippen molar-refractivity contribution in [2.45, 2.75) is 37.6 Å². The van der Waals surface area contributed by atoms with Gasteiger partial charge in [0.2, 0.25) is 0 Å². The summed E-state index contributed by atoms with van der Waals surface area (Å²) < 4.78 is 1.07. The number of thiophene rings is 2. The Morgan fingerprint density at radius 1 is 1.13 bits per heavy atom. The van der Waals surface area contributed by atoms with Crippen LogP contribution in [0, 0.1) is 5.92 Å². The summed E-state index contributed by atoms with van der Waals surface area (Å²) in [6, 6.07) is 9.46. The number of carboxylic acid groups (broad SMARTS) is 1. The molecule has 1 saturated heterocycles. The van der Waals surface area contributed by atoms with Gasteiger partial charge in [0.05, 0.1) is 20.5 Å². The van der Waals surface area contributed by atoms with E-state index in [1.165, 1.54) is 35.5 Å². The SMILES string of the molecule is O=CC1C(C(=O)N[C@@H](CNC(=O)c2cc3cc(CCC4CCNCC4)sc3s2)C(=O)O)=Nc2ccccc21. The summed E-state index contributed by atoms with van der Waals surface area (Å²) >= 11 is 3.09. The van der Waals surface area contributed by atoms with E-state index in [1.54, 1.807) is 35.6 Å². The molecule has 4 heterocycles. The lowest BCUT2D eigenvalue weighted by Crippen LogP contribution is -2.50. The predicted molar refractivity (Wildman–Crippen MR) is 148 cm³/mol. The number of rotatable bonds is 10. The quantitative estimate of drug-likeness (QED) is 0.285. The van der Waals surface area contributed by atoms with E-state index in [4.69, 9.17) is 0 Å². The fraction of sp³-hybridized carbons (Fsp3) is 0.370. The first-order valence-electron chi connectivity index (χ1n) is 12.6. The predicted octanol–water partition coefficient (Wildman–Crippen LogP) is 3.26. The maximum atomic E-state index is 12.8. The second-order valence-corrected chi connectivity index (χ2v) is 12.0. The molecule has 5 rings (SSSR count). The summed E-state index contributed by atoms with van der Waals surface area (Å²) in [7, 11) is 0. The van der Waals surface area contributed by atoms with Gasteiger partial charge in [0.1, 0.15) is 18.0 Å². The molecule has 1 aromatic carbocycles. The van der Waals surface area contributed by atoms with Gasteiger partial charge in [-0.25, -0.2) is 9.79 Å². The number of aldehydes is 1. The van der Waals surface area contributed by atoms with Gasteiger partial charge in [0, 0.05) is 16.8 Å². The second kappa shape index (κ2) is 11.5. The molecule has 2 aromatic heterocycles. The molecule has 1 unspecified atom stereocenters. The maximum absolute atomic E-state index is 12.8. The number of carbonyl (C=O) groups is 4. The number of benzene rings is 1. The Morgan fingerprint density at radius 2 is 1.92 bits per heavy atom. The average Bonchev–Trinajstić information content (AvgIpc) is 3.61. The highest BCUT2D eigenvalue weighted by Gasteiger charge is 2.33. The first kappa shape index (κ1) is 26.2. The van der Waals surface area contributed by atoms with Crippen molar-refractivity contribution in [3.05, 3.63) is 51.7 Å². The number of carboxylic acids is 1. The standard InChI is InChI=1S/C27H28N4O5S2/c32-14-19-18-3-1-2-4-20(18)30-23(19)25(34)31-21(26(35)36)13-29-24(33)22-12-16-11-17(37-27(16)38-22)6-5-15-7-9-28-10-8-15/h1-4,11-12,14-15,19,21,28H,5-10,13H2,(H,29,33)(H,31,34)(H,35,36)/t19?,21-/m0/s1. The van der Waals surface area contributed by atoms with Crippen molar-refractivity contribution in [3.63, 3.8) is 0 Å². The van der Waals surface area contributed by atoms with Gasteiger partial charge in [-0.1, -0.05) is 18.2 Å². The average molecular weight is 553 g/mol. The highest BCUT2D eigenvalue weighted by atomic mass is 32.2.